The number of methoxy groups -OCH3 is 1. The quantitative estimate of drug-likeness (QED) is 0.544. The van der Waals surface area contributed by atoms with E-state index in [0.717, 1.165) is 18.2 Å². The Labute approximate surface area is 179 Å². The number of benzene rings is 2. The number of hydrogen-bond acceptors (Lipinski definition) is 5. The van der Waals surface area contributed by atoms with Crippen molar-refractivity contribution in [2.45, 2.75) is 38.4 Å². The molecule has 10 heteroatoms. The van der Waals surface area contributed by atoms with E-state index in [4.69, 9.17) is 8.92 Å². The molecule has 0 aliphatic rings. The van der Waals surface area contributed by atoms with Crippen LogP contribution in [0.25, 0.3) is 0 Å². The molecule has 31 heavy (non-hydrogen) atoms. The third-order valence-corrected chi connectivity index (χ3v) is 5.51. The maximum atomic E-state index is 12.9. The van der Waals surface area contributed by atoms with Crippen LogP contribution in [0.15, 0.2) is 47.4 Å². The van der Waals surface area contributed by atoms with E-state index in [1.54, 1.807) is 11.0 Å². The summed E-state index contributed by atoms with van der Waals surface area (Å²) in [5.41, 5.74) is -0.533. The summed E-state index contributed by atoms with van der Waals surface area (Å²) in [5.74, 6) is -0.0364. The molecule has 2 aromatic carbocycles. The molecule has 6 nitrogen and oxygen atoms in total. The Morgan fingerprint density at radius 3 is 2.32 bits per heavy atom. The normalized spacial score (nSPS) is 12.0. The lowest BCUT2D eigenvalue weighted by Gasteiger charge is -2.23. The van der Waals surface area contributed by atoms with Crippen molar-refractivity contribution in [3.63, 3.8) is 0 Å². The zero-order valence-corrected chi connectivity index (χ0v) is 18.4. The Balaban J connectivity index is 2.37. The summed E-state index contributed by atoms with van der Waals surface area (Å²) in [6, 6.07) is 7.79. The van der Waals surface area contributed by atoms with E-state index in [2.05, 4.69) is 0 Å². The molecule has 170 valence electrons. The van der Waals surface area contributed by atoms with E-state index in [9.17, 15) is 26.4 Å². The topological polar surface area (TPSA) is 72.9 Å². The zero-order chi connectivity index (χ0) is 23.4. The Morgan fingerprint density at radius 1 is 1.10 bits per heavy atom. The first-order chi connectivity index (χ1) is 14.3. The second-order valence-electron chi connectivity index (χ2n) is 7.34. The molecule has 0 fully saturated rings. The molecule has 0 aliphatic heterocycles. The van der Waals surface area contributed by atoms with E-state index in [1.165, 1.54) is 26.2 Å². The SMILES string of the molecule is COc1ccc(CN(CC(C)C)C(C)=O)cc1OS(=O)(=O)c1cccc(C(F)(F)F)c1. The fourth-order valence-electron chi connectivity index (χ4n) is 2.84. The van der Waals surface area contributed by atoms with Crippen molar-refractivity contribution in [3.8, 4) is 11.5 Å². The molecule has 0 unspecified atom stereocenters. The molecule has 0 saturated carbocycles. The van der Waals surface area contributed by atoms with Crippen LogP contribution < -0.4 is 8.92 Å². The van der Waals surface area contributed by atoms with E-state index in [1.807, 2.05) is 13.8 Å². The first-order valence-electron chi connectivity index (χ1n) is 9.37. The lowest BCUT2D eigenvalue weighted by molar-refractivity contribution is -0.137. The summed E-state index contributed by atoms with van der Waals surface area (Å²) in [7, 11) is -3.26. The molecule has 0 aliphatic carbocycles. The van der Waals surface area contributed by atoms with Gasteiger partial charge in [0, 0.05) is 20.0 Å². The maximum absolute atomic E-state index is 12.9. The van der Waals surface area contributed by atoms with E-state index in [0.29, 0.717) is 18.2 Å². The minimum Gasteiger partial charge on any atom is -0.493 e. The van der Waals surface area contributed by atoms with Crippen molar-refractivity contribution in [1.29, 1.82) is 0 Å². The van der Waals surface area contributed by atoms with Crippen LogP contribution >= 0.6 is 0 Å². The summed E-state index contributed by atoms with van der Waals surface area (Å²) in [4.78, 5) is 12.9. The second kappa shape index (κ2) is 9.59. The highest BCUT2D eigenvalue weighted by Gasteiger charge is 2.32. The molecule has 0 N–H and O–H groups in total. The Morgan fingerprint density at radius 2 is 1.77 bits per heavy atom. The van der Waals surface area contributed by atoms with Gasteiger partial charge in [-0.05, 0) is 41.8 Å². The van der Waals surface area contributed by atoms with E-state index in [-0.39, 0.29) is 29.9 Å². The number of carbonyl (C=O) groups excluding carboxylic acids is 1. The van der Waals surface area contributed by atoms with Crippen molar-refractivity contribution in [1.82, 2.24) is 4.90 Å². The molecule has 0 heterocycles. The third kappa shape index (κ3) is 6.61. The Hall–Kier alpha value is -2.75. The van der Waals surface area contributed by atoms with Crippen LogP contribution in [-0.2, 0) is 27.6 Å². The minimum atomic E-state index is -4.70. The first kappa shape index (κ1) is 24.5. The Bertz CT molecular complexity index is 1040. The van der Waals surface area contributed by atoms with Crippen LogP contribution in [0.1, 0.15) is 31.9 Å². The summed E-state index contributed by atoms with van der Waals surface area (Å²) < 4.78 is 74.3. The second-order valence-corrected chi connectivity index (χ2v) is 8.89. The maximum Gasteiger partial charge on any atom is 0.416 e. The number of ether oxygens (including phenoxy) is 1. The number of amides is 1. The predicted octanol–water partition coefficient (Wildman–Crippen LogP) is 4.49. The molecule has 0 radical (unpaired) electrons. The molecule has 2 aromatic rings. The fraction of sp³-hybridized carbons (Fsp3) is 0.381. The summed E-state index contributed by atoms with van der Waals surface area (Å²) >= 11 is 0. The van der Waals surface area contributed by atoms with Gasteiger partial charge in [-0.1, -0.05) is 26.0 Å². The van der Waals surface area contributed by atoms with Crippen LogP contribution in [-0.4, -0.2) is 32.9 Å². The van der Waals surface area contributed by atoms with Gasteiger partial charge in [-0.2, -0.15) is 21.6 Å². The number of alkyl halides is 3. The predicted molar refractivity (Wildman–Crippen MR) is 108 cm³/mol. The van der Waals surface area contributed by atoms with Crippen molar-refractivity contribution in [2.75, 3.05) is 13.7 Å². The van der Waals surface area contributed by atoms with Crippen molar-refractivity contribution in [3.05, 3.63) is 53.6 Å². The molecular formula is C21H24F3NO5S. The fourth-order valence-corrected chi connectivity index (χ4v) is 3.82. The van der Waals surface area contributed by atoms with Gasteiger partial charge in [0.15, 0.2) is 11.5 Å². The molecule has 1 amide bonds. The van der Waals surface area contributed by atoms with Gasteiger partial charge < -0.3 is 13.8 Å². The van der Waals surface area contributed by atoms with Gasteiger partial charge >= 0.3 is 16.3 Å². The molecular weight excluding hydrogens is 435 g/mol. The van der Waals surface area contributed by atoms with Gasteiger partial charge in [-0.25, -0.2) is 0 Å². The van der Waals surface area contributed by atoms with E-state index < -0.39 is 26.8 Å². The lowest BCUT2D eigenvalue weighted by atomic mass is 10.1. The lowest BCUT2D eigenvalue weighted by Crippen LogP contribution is -2.31. The summed E-state index contributed by atoms with van der Waals surface area (Å²) in [5, 5.41) is 0. The van der Waals surface area contributed by atoms with Crippen LogP contribution in [0.5, 0.6) is 11.5 Å². The van der Waals surface area contributed by atoms with Gasteiger partial charge in [0.25, 0.3) is 0 Å². The number of nitrogens with zero attached hydrogens (tertiary/aromatic N) is 1. The molecule has 0 saturated heterocycles. The van der Waals surface area contributed by atoms with Gasteiger partial charge in [0.1, 0.15) is 4.90 Å². The van der Waals surface area contributed by atoms with Crippen LogP contribution in [0.3, 0.4) is 0 Å². The van der Waals surface area contributed by atoms with Crippen molar-refractivity contribution >= 4 is 16.0 Å². The minimum absolute atomic E-state index is 0.0811. The Kier molecular flexibility index (Phi) is 7.58. The van der Waals surface area contributed by atoms with Crippen LogP contribution in [0, 0.1) is 5.92 Å². The summed E-state index contributed by atoms with van der Waals surface area (Å²) in [6.07, 6.45) is -4.70. The molecule has 0 spiro atoms. The molecule has 0 bridgehead atoms. The largest absolute Gasteiger partial charge is 0.493 e. The summed E-state index contributed by atoms with van der Waals surface area (Å²) in [6.45, 7) is 6.05. The molecule has 0 aromatic heterocycles. The average molecular weight is 459 g/mol. The van der Waals surface area contributed by atoms with Gasteiger partial charge in [-0.15, -0.1) is 0 Å². The van der Waals surface area contributed by atoms with Gasteiger partial charge in [0.2, 0.25) is 5.91 Å². The monoisotopic (exact) mass is 459 g/mol. The third-order valence-electron chi connectivity index (χ3n) is 4.28. The van der Waals surface area contributed by atoms with Gasteiger partial charge in [0.05, 0.1) is 12.7 Å². The zero-order valence-electron chi connectivity index (χ0n) is 17.6. The molecule has 0 atom stereocenters. The van der Waals surface area contributed by atoms with Crippen LogP contribution in [0.4, 0.5) is 13.2 Å². The number of carbonyl (C=O) groups is 1. The molecule has 2 rings (SSSR count). The number of hydrogen-bond donors (Lipinski definition) is 0. The number of halogens is 3. The van der Waals surface area contributed by atoms with E-state index >= 15 is 0 Å². The standard InChI is InChI=1S/C21H24F3NO5S/c1-14(2)12-25(15(3)26)13-16-8-9-19(29-4)20(10-16)30-31(27,28)18-7-5-6-17(11-18)21(22,23)24/h5-11,14H,12-13H2,1-4H3. The van der Waals surface area contributed by atoms with Crippen molar-refractivity contribution in [2.24, 2.45) is 5.92 Å². The highest BCUT2D eigenvalue weighted by molar-refractivity contribution is 7.87. The van der Waals surface area contributed by atoms with Crippen molar-refractivity contribution < 1.29 is 35.3 Å². The smallest absolute Gasteiger partial charge is 0.416 e. The highest BCUT2D eigenvalue weighted by Crippen LogP contribution is 2.34. The van der Waals surface area contributed by atoms with Crippen LogP contribution in [0.2, 0.25) is 0 Å². The average Bonchev–Trinajstić information content (AvgIpc) is 2.66. The first-order valence-corrected chi connectivity index (χ1v) is 10.8. The van der Waals surface area contributed by atoms with Gasteiger partial charge in [-0.3, -0.25) is 4.79 Å². The highest BCUT2D eigenvalue weighted by atomic mass is 32.2. The number of rotatable bonds is 8.